The van der Waals surface area contributed by atoms with Crippen molar-refractivity contribution in [2.45, 2.75) is 52.6 Å². The summed E-state index contributed by atoms with van der Waals surface area (Å²) in [5.74, 6) is 4.97. The standard InChI is InChI=1S/C10H21N5.2C6H11N5.C4H9N5.C4H11N5/c1-9(2)10(3,4)14-8(15(5)6)12-7(11)13-9;2*1-4-8-5(7)10-6(9-4)11(2)3;1-9(2)4-6-3(5)7-8-4;1-9(2)4(7)8-3(5)6/h1-6H3,(H3,11,12,13,14);2*1-3H3,(H2,7,8,9,10);1-2H3,(H3,5,6,7,8);1-2H3,(H5,5,6,7,8). The number of rotatable bonds is 3. The quantitative estimate of drug-likeness (QED) is 0.105. The van der Waals surface area contributed by atoms with Gasteiger partial charge in [0.1, 0.15) is 11.6 Å². The first-order valence-corrected chi connectivity index (χ1v) is 16.5. The van der Waals surface area contributed by atoms with Crippen LogP contribution in [0.25, 0.3) is 0 Å². The molecule has 0 bridgehead atoms. The molecular formula is C30H63N25. The number of anilines is 6. The number of nitrogens with zero attached hydrogens (tertiary/aromatic N) is 16. The fraction of sp³-hybridized carbons (Fsp3) is 0.600. The number of nitrogen functional groups attached to an aromatic ring is 3. The molecule has 0 saturated heterocycles. The average molecular weight is 774 g/mol. The van der Waals surface area contributed by atoms with Gasteiger partial charge in [-0.15, -0.1) is 5.10 Å². The van der Waals surface area contributed by atoms with E-state index in [0.717, 1.165) is 0 Å². The van der Waals surface area contributed by atoms with E-state index in [1.54, 1.807) is 47.5 Å². The van der Waals surface area contributed by atoms with Gasteiger partial charge in [-0.1, -0.05) is 0 Å². The minimum absolute atomic E-state index is 0.224. The second-order valence-corrected chi connectivity index (χ2v) is 13.6. The molecule has 0 spiro atoms. The zero-order chi connectivity index (χ0) is 43.0. The molecule has 25 heteroatoms. The fourth-order valence-electron chi connectivity index (χ4n) is 3.29. The molecule has 308 valence electrons. The molecule has 3 aromatic rings. The highest BCUT2D eigenvalue weighted by molar-refractivity contribution is 5.95. The topological polar surface area (TPSA) is 364 Å². The maximum Gasteiger partial charge on any atom is 0.245 e. The number of H-pyrrole nitrogens is 1. The smallest absolute Gasteiger partial charge is 0.245 e. The van der Waals surface area contributed by atoms with Gasteiger partial charge in [-0.05, 0) is 41.5 Å². The van der Waals surface area contributed by atoms with Crippen LogP contribution in [0.15, 0.2) is 15.0 Å². The molecule has 0 aromatic carbocycles. The van der Waals surface area contributed by atoms with Gasteiger partial charge in [-0.2, -0.15) is 44.9 Å². The van der Waals surface area contributed by atoms with Crippen molar-refractivity contribution in [2.75, 3.05) is 102 Å². The van der Waals surface area contributed by atoms with E-state index in [1.807, 2.05) is 61.3 Å². The van der Waals surface area contributed by atoms with Crippen molar-refractivity contribution in [3.8, 4) is 0 Å². The summed E-state index contributed by atoms with van der Waals surface area (Å²) in [6.45, 7) is 11.8. The minimum Gasteiger partial charge on any atom is -0.370 e. The number of nitrogens with one attached hydrogen (secondary N) is 3. The van der Waals surface area contributed by atoms with Crippen LogP contribution in [0.5, 0.6) is 0 Å². The Kier molecular flexibility index (Phi) is 18.7. The molecule has 0 atom stereocenters. The van der Waals surface area contributed by atoms with E-state index in [9.17, 15) is 0 Å². The zero-order valence-corrected chi connectivity index (χ0v) is 35.1. The molecule has 0 aliphatic carbocycles. The van der Waals surface area contributed by atoms with Crippen LogP contribution in [0.2, 0.25) is 0 Å². The lowest BCUT2D eigenvalue weighted by atomic mass is 9.83. The van der Waals surface area contributed by atoms with E-state index < -0.39 is 0 Å². The van der Waals surface area contributed by atoms with Crippen LogP contribution in [-0.4, -0.2) is 160 Å². The van der Waals surface area contributed by atoms with Gasteiger partial charge in [-0.25, -0.2) is 10.1 Å². The normalized spacial score (nSPS) is 13.6. The first kappa shape index (κ1) is 48.4. The Balaban J connectivity index is 0.000000672. The molecule has 1 aliphatic heterocycles. The molecule has 0 unspecified atom stereocenters. The number of aromatic nitrogens is 9. The number of aliphatic imine (C=N–C) groups is 3. The second kappa shape index (κ2) is 21.2. The highest BCUT2D eigenvalue weighted by atomic mass is 15.4. The molecule has 1 aliphatic rings. The number of hydrogen-bond donors (Lipinski definition) is 9. The molecule has 0 radical (unpaired) electrons. The average Bonchev–Trinajstić information content (AvgIpc) is 3.43. The Bertz CT molecular complexity index is 1640. The highest BCUT2D eigenvalue weighted by Gasteiger charge is 2.39. The lowest BCUT2D eigenvalue weighted by Gasteiger charge is -2.38. The fourth-order valence-corrected chi connectivity index (χ4v) is 3.29. The summed E-state index contributed by atoms with van der Waals surface area (Å²) in [4.78, 5) is 48.6. The number of guanidine groups is 4. The summed E-state index contributed by atoms with van der Waals surface area (Å²) in [6.07, 6.45) is 0. The molecule has 55 heavy (non-hydrogen) atoms. The van der Waals surface area contributed by atoms with Gasteiger partial charge in [-0.3, -0.25) is 5.41 Å². The molecule has 4 heterocycles. The first-order chi connectivity index (χ1) is 25.1. The monoisotopic (exact) mass is 774 g/mol. The van der Waals surface area contributed by atoms with Crippen LogP contribution in [0.4, 0.5) is 35.7 Å². The van der Waals surface area contributed by atoms with E-state index >= 15 is 0 Å². The van der Waals surface area contributed by atoms with Crippen LogP contribution in [0.1, 0.15) is 39.3 Å². The maximum absolute atomic E-state index is 6.70. The SMILES string of the molecule is CN(C)C(N)=NC(=N)N.CN(C)C1=NC(C)(C)C(C)(C)NC(N)=N1.CN(C)c1n[nH]c(N)n1.Cc1nc(N)nc(N(C)C)n1.Cc1nc(N)nc(N(C)C)n1. The Labute approximate surface area is 323 Å². The Morgan fingerprint density at radius 3 is 1.35 bits per heavy atom. The van der Waals surface area contributed by atoms with Crippen molar-refractivity contribution in [1.82, 2.24) is 60.2 Å². The van der Waals surface area contributed by atoms with Crippen LogP contribution >= 0.6 is 0 Å². The van der Waals surface area contributed by atoms with Crippen molar-refractivity contribution in [3.05, 3.63) is 11.6 Å². The van der Waals surface area contributed by atoms with Gasteiger partial charge < -0.3 is 64.2 Å². The van der Waals surface area contributed by atoms with Crippen molar-refractivity contribution >= 4 is 59.5 Å². The largest absolute Gasteiger partial charge is 0.370 e. The number of nitrogens with two attached hydrogens (primary N) is 6. The maximum atomic E-state index is 6.70. The Morgan fingerprint density at radius 1 is 0.636 bits per heavy atom. The summed E-state index contributed by atoms with van der Waals surface area (Å²) in [6, 6.07) is 0. The van der Waals surface area contributed by atoms with Gasteiger partial charge in [0.05, 0.1) is 11.1 Å². The van der Waals surface area contributed by atoms with Gasteiger partial charge in [0.15, 0.2) is 11.9 Å². The third-order valence-electron chi connectivity index (χ3n) is 6.86. The molecule has 3 aromatic heterocycles. The van der Waals surface area contributed by atoms with Crippen molar-refractivity contribution < 1.29 is 0 Å². The molecule has 15 N–H and O–H groups in total. The zero-order valence-electron chi connectivity index (χ0n) is 35.1. The van der Waals surface area contributed by atoms with E-state index in [2.05, 4.69) is 93.1 Å². The van der Waals surface area contributed by atoms with Gasteiger partial charge in [0, 0.05) is 70.5 Å². The summed E-state index contributed by atoms with van der Waals surface area (Å²) in [5, 5.41) is 16.2. The van der Waals surface area contributed by atoms with Crippen LogP contribution in [0.3, 0.4) is 0 Å². The van der Waals surface area contributed by atoms with Crippen molar-refractivity contribution in [2.24, 2.45) is 32.2 Å². The summed E-state index contributed by atoms with van der Waals surface area (Å²) >= 11 is 0. The lowest BCUT2D eigenvalue weighted by molar-refractivity contribution is 0.280. The Hall–Kier alpha value is -6.56. The molecule has 0 saturated carbocycles. The minimum atomic E-state index is -0.277. The Morgan fingerprint density at radius 2 is 1.07 bits per heavy atom. The highest BCUT2D eigenvalue weighted by Crippen LogP contribution is 2.27. The van der Waals surface area contributed by atoms with E-state index in [4.69, 9.17) is 39.8 Å². The molecule has 0 fully saturated rings. The predicted molar refractivity (Wildman–Crippen MR) is 223 cm³/mol. The van der Waals surface area contributed by atoms with Crippen molar-refractivity contribution in [3.63, 3.8) is 0 Å². The van der Waals surface area contributed by atoms with Crippen LogP contribution < -0.4 is 54.4 Å². The van der Waals surface area contributed by atoms with Gasteiger partial charge in [0.25, 0.3) is 0 Å². The first-order valence-electron chi connectivity index (χ1n) is 16.5. The second-order valence-electron chi connectivity index (χ2n) is 13.6. The van der Waals surface area contributed by atoms with Gasteiger partial charge >= 0.3 is 0 Å². The third kappa shape index (κ3) is 18.2. The van der Waals surface area contributed by atoms with E-state index in [0.29, 0.717) is 47.4 Å². The molecular weight excluding hydrogens is 711 g/mol. The van der Waals surface area contributed by atoms with Crippen LogP contribution in [-0.2, 0) is 0 Å². The molecule has 25 nitrogen and oxygen atoms in total. The summed E-state index contributed by atoms with van der Waals surface area (Å²) in [7, 11) is 18.4. The number of aryl methyl sites for hydroxylation is 2. The molecule has 4 rings (SSSR count). The van der Waals surface area contributed by atoms with Crippen molar-refractivity contribution in [1.29, 1.82) is 5.41 Å². The lowest BCUT2D eigenvalue weighted by Crippen LogP contribution is -2.57. The number of hydrogen-bond acceptors (Lipinski definition) is 20. The van der Waals surface area contributed by atoms with E-state index in [-0.39, 0.29) is 34.9 Å². The van der Waals surface area contributed by atoms with E-state index in [1.165, 1.54) is 0 Å². The molecule has 0 amide bonds. The van der Waals surface area contributed by atoms with Crippen LogP contribution in [0, 0.1) is 19.3 Å². The summed E-state index contributed by atoms with van der Waals surface area (Å²) in [5.41, 5.74) is 31.6. The van der Waals surface area contributed by atoms with Gasteiger partial charge in [0.2, 0.25) is 47.6 Å². The third-order valence-corrected chi connectivity index (χ3v) is 6.86. The number of aromatic amines is 1. The summed E-state index contributed by atoms with van der Waals surface area (Å²) < 4.78 is 0. The predicted octanol–water partition coefficient (Wildman–Crippen LogP) is -1.76.